The Labute approximate surface area is 117 Å². The van der Waals surface area contributed by atoms with Crippen molar-refractivity contribution in [1.82, 2.24) is 5.32 Å². The van der Waals surface area contributed by atoms with E-state index in [0.717, 1.165) is 24.1 Å². The van der Waals surface area contributed by atoms with Gasteiger partial charge in [0.2, 0.25) is 0 Å². The van der Waals surface area contributed by atoms with Crippen molar-refractivity contribution >= 4 is 0 Å². The van der Waals surface area contributed by atoms with Gasteiger partial charge in [0.15, 0.2) is 0 Å². The van der Waals surface area contributed by atoms with Gasteiger partial charge in [-0.15, -0.1) is 0 Å². The highest BCUT2D eigenvalue weighted by Crippen LogP contribution is 2.37. The maximum atomic E-state index is 5.36. The molecular weight excluding hydrogens is 234 g/mol. The molecule has 1 aromatic rings. The minimum atomic E-state index is 0.479. The molecule has 2 nitrogen and oxygen atoms in total. The number of benzene rings is 1. The monoisotopic (exact) mass is 261 g/mol. The molecule has 1 saturated carbocycles. The van der Waals surface area contributed by atoms with Crippen LogP contribution in [-0.2, 0) is 0 Å². The van der Waals surface area contributed by atoms with Crippen LogP contribution in [0.15, 0.2) is 24.3 Å². The van der Waals surface area contributed by atoms with Gasteiger partial charge in [-0.25, -0.2) is 0 Å². The first-order valence-electron chi connectivity index (χ1n) is 7.62. The molecule has 0 saturated heterocycles. The van der Waals surface area contributed by atoms with Crippen LogP contribution in [0.2, 0.25) is 0 Å². The highest BCUT2D eigenvalue weighted by Gasteiger charge is 2.26. The van der Waals surface area contributed by atoms with Crippen molar-refractivity contribution in [3.05, 3.63) is 29.8 Å². The summed E-state index contributed by atoms with van der Waals surface area (Å²) in [5.41, 5.74) is 1.38. The summed E-state index contributed by atoms with van der Waals surface area (Å²) in [6, 6.07) is 9.02. The largest absolute Gasteiger partial charge is 0.497 e. The summed E-state index contributed by atoms with van der Waals surface area (Å²) in [6.07, 6.45) is 5.43. The summed E-state index contributed by atoms with van der Waals surface area (Å²) < 4.78 is 5.36. The van der Waals surface area contributed by atoms with Crippen molar-refractivity contribution in [3.63, 3.8) is 0 Å². The molecule has 1 atom stereocenters. The topological polar surface area (TPSA) is 21.3 Å². The van der Waals surface area contributed by atoms with E-state index in [1.165, 1.54) is 31.2 Å². The predicted molar refractivity (Wildman–Crippen MR) is 80.5 cm³/mol. The van der Waals surface area contributed by atoms with E-state index in [0.29, 0.717) is 6.04 Å². The van der Waals surface area contributed by atoms with E-state index in [1.807, 2.05) is 6.07 Å². The molecule has 1 fully saturated rings. The van der Waals surface area contributed by atoms with Gasteiger partial charge < -0.3 is 10.1 Å². The second kappa shape index (κ2) is 6.95. The molecule has 19 heavy (non-hydrogen) atoms. The van der Waals surface area contributed by atoms with Crippen molar-refractivity contribution in [2.75, 3.05) is 13.7 Å². The maximum Gasteiger partial charge on any atom is 0.119 e. The SMILES string of the molecule is CCNC(c1cccc(OC)c1)C1CCC(C)CC1. The van der Waals surface area contributed by atoms with Crippen LogP contribution in [0.5, 0.6) is 5.75 Å². The molecule has 0 aliphatic heterocycles. The van der Waals surface area contributed by atoms with E-state index in [-0.39, 0.29) is 0 Å². The van der Waals surface area contributed by atoms with E-state index >= 15 is 0 Å². The van der Waals surface area contributed by atoms with Gasteiger partial charge in [0.1, 0.15) is 5.75 Å². The van der Waals surface area contributed by atoms with E-state index < -0.39 is 0 Å². The van der Waals surface area contributed by atoms with Crippen molar-refractivity contribution in [2.45, 2.75) is 45.6 Å². The van der Waals surface area contributed by atoms with Gasteiger partial charge in [-0.3, -0.25) is 0 Å². The lowest BCUT2D eigenvalue weighted by Crippen LogP contribution is -2.30. The van der Waals surface area contributed by atoms with E-state index in [1.54, 1.807) is 7.11 Å². The lowest BCUT2D eigenvalue weighted by molar-refractivity contribution is 0.233. The van der Waals surface area contributed by atoms with Crippen molar-refractivity contribution in [2.24, 2.45) is 11.8 Å². The zero-order valence-corrected chi connectivity index (χ0v) is 12.5. The quantitative estimate of drug-likeness (QED) is 0.859. The molecule has 1 aliphatic carbocycles. The number of nitrogens with one attached hydrogen (secondary N) is 1. The molecule has 2 heteroatoms. The van der Waals surface area contributed by atoms with Crippen LogP contribution in [-0.4, -0.2) is 13.7 Å². The fourth-order valence-corrected chi connectivity index (χ4v) is 3.23. The number of ether oxygens (including phenoxy) is 1. The summed E-state index contributed by atoms with van der Waals surface area (Å²) in [5, 5.41) is 3.68. The van der Waals surface area contributed by atoms with Crippen LogP contribution in [0.25, 0.3) is 0 Å². The first kappa shape index (κ1) is 14.4. The summed E-state index contributed by atoms with van der Waals surface area (Å²) in [7, 11) is 1.74. The van der Waals surface area contributed by atoms with Crippen molar-refractivity contribution in [1.29, 1.82) is 0 Å². The van der Waals surface area contributed by atoms with E-state index in [4.69, 9.17) is 4.74 Å². The molecule has 1 aliphatic rings. The first-order valence-corrected chi connectivity index (χ1v) is 7.62. The molecule has 1 N–H and O–H groups in total. The Hall–Kier alpha value is -1.02. The lowest BCUT2D eigenvalue weighted by atomic mass is 9.77. The van der Waals surface area contributed by atoms with Crippen molar-refractivity contribution < 1.29 is 4.74 Å². The number of hydrogen-bond acceptors (Lipinski definition) is 2. The third kappa shape index (κ3) is 3.73. The normalized spacial score (nSPS) is 25.0. The third-order valence-electron chi connectivity index (χ3n) is 4.41. The minimum Gasteiger partial charge on any atom is -0.497 e. The Morgan fingerprint density at radius 3 is 2.63 bits per heavy atom. The van der Waals surface area contributed by atoms with Crippen molar-refractivity contribution in [3.8, 4) is 5.75 Å². The van der Waals surface area contributed by atoms with Gasteiger partial charge in [0, 0.05) is 6.04 Å². The highest BCUT2D eigenvalue weighted by atomic mass is 16.5. The number of methoxy groups -OCH3 is 1. The number of hydrogen-bond donors (Lipinski definition) is 1. The highest BCUT2D eigenvalue weighted by molar-refractivity contribution is 5.31. The van der Waals surface area contributed by atoms with Gasteiger partial charge >= 0.3 is 0 Å². The van der Waals surface area contributed by atoms with Gasteiger partial charge in [0.05, 0.1) is 7.11 Å². The second-order valence-electron chi connectivity index (χ2n) is 5.83. The number of rotatable bonds is 5. The van der Waals surface area contributed by atoms with Crippen LogP contribution in [0.3, 0.4) is 0 Å². The van der Waals surface area contributed by atoms with Crippen LogP contribution in [0, 0.1) is 11.8 Å². The predicted octanol–water partition coefficient (Wildman–Crippen LogP) is 4.17. The second-order valence-corrected chi connectivity index (χ2v) is 5.83. The van der Waals surface area contributed by atoms with Gasteiger partial charge in [-0.05, 0) is 48.9 Å². The van der Waals surface area contributed by atoms with Crippen LogP contribution in [0.1, 0.15) is 51.1 Å². The van der Waals surface area contributed by atoms with E-state index in [9.17, 15) is 0 Å². The molecule has 2 rings (SSSR count). The Kier molecular flexibility index (Phi) is 5.26. The van der Waals surface area contributed by atoms with Crippen LogP contribution in [0.4, 0.5) is 0 Å². The summed E-state index contributed by atoms with van der Waals surface area (Å²) in [5.74, 6) is 2.64. The zero-order chi connectivity index (χ0) is 13.7. The Bertz CT molecular complexity index is 383. The van der Waals surface area contributed by atoms with E-state index in [2.05, 4.69) is 37.4 Å². The lowest BCUT2D eigenvalue weighted by Gasteiger charge is -2.33. The average molecular weight is 261 g/mol. The third-order valence-corrected chi connectivity index (χ3v) is 4.41. The Morgan fingerprint density at radius 1 is 1.26 bits per heavy atom. The molecule has 106 valence electrons. The first-order chi connectivity index (χ1) is 9.24. The summed E-state index contributed by atoms with van der Waals surface area (Å²) in [4.78, 5) is 0. The van der Waals surface area contributed by atoms with Gasteiger partial charge in [0.25, 0.3) is 0 Å². The van der Waals surface area contributed by atoms with Crippen LogP contribution >= 0.6 is 0 Å². The molecule has 0 bridgehead atoms. The molecule has 0 heterocycles. The molecule has 1 unspecified atom stereocenters. The molecule has 0 amide bonds. The molecule has 1 aromatic carbocycles. The summed E-state index contributed by atoms with van der Waals surface area (Å²) >= 11 is 0. The van der Waals surface area contributed by atoms with Gasteiger partial charge in [-0.2, -0.15) is 0 Å². The molecule has 0 aromatic heterocycles. The smallest absolute Gasteiger partial charge is 0.119 e. The fraction of sp³-hybridized carbons (Fsp3) is 0.647. The molecule has 0 spiro atoms. The minimum absolute atomic E-state index is 0.479. The summed E-state index contributed by atoms with van der Waals surface area (Å²) in [6.45, 7) is 5.59. The standard InChI is InChI=1S/C17H27NO/c1-4-18-17(14-10-8-13(2)9-11-14)15-6-5-7-16(12-15)19-3/h5-7,12-14,17-18H,4,8-11H2,1-3H3. The van der Waals surface area contributed by atoms with Crippen LogP contribution < -0.4 is 10.1 Å². The molecule has 0 radical (unpaired) electrons. The Balaban J connectivity index is 2.14. The fourth-order valence-electron chi connectivity index (χ4n) is 3.23. The maximum absolute atomic E-state index is 5.36. The Morgan fingerprint density at radius 2 is 2.00 bits per heavy atom. The zero-order valence-electron chi connectivity index (χ0n) is 12.5. The molecular formula is C17H27NO. The van der Waals surface area contributed by atoms with Gasteiger partial charge in [-0.1, -0.05) is 38.8 Å². The average Bonchev–Trinajstić information content (AvgIpc) is 2.46.